The van der Waals surface area contributed by atoms with Crippen LogP contribution in [0.5, 0.6) is 0 Å². The van der Waals surface area contributed by atoms with Crippen LogP contribution in [0, 0.1) is 5.82 Å². The first-order valence-corrected chi connectivity index (χ1v) is 7.58. The molecule has 0 aliphatic carbocycles. The van der Waals surface area contributed by atoms with Gasteiger partial charge in [0.15, 0.2) is 0 Å². The summed E-state index contributed by atoms with van der Waals surface area (Å²) in [5.74, 6) is -1.49. The Balaban J connectivity index is 2.25. The van der Waals surface area contributed by atoms with Gasteiger partial charge in [-0.1, -0.05) is 0 Å². The van der Waals surface area contributed by atoms with Crippen molar-refractivity contribution in [1.29, 1.82) is 0 Å². The van der Waals surface area contributed by atoms with Crippen molar-refractivity contribution in [2.24, 2.45) is 5.14 Å². The van der Waals surface area contributed by atoms with Crippen LogP contribution in [0.15, 0.2) is 23.1 Å². The fourth-order valence-corrected chi connectivity index (χ4v) is 2.56. The number of amides is 1. The third-order valence-electron chi connectivity index (χ3n) is 3.20. The molecular formula is C12H15FN2O4S. The second-order valence-corrected chi connectivity index (χ2v) is 6.19. The maximum Gasteiger partial charge on any atom is 0.254 e. The summed E-state index contributed by atoms with van der Waals surface area (Å²) in [6.07, 6.45) is 0.465. The van der Waals surface area contributed by atoms with Crippen LogP contribution in [-0.2, 0) is 14.8 Å². The quantitative estimate of drug-likeness (QED) is 0.843. The Bertz CT molecular complexity index is 632. The molecule has 1 amide bonds. The number of benzene rings is 1. The molecule has 0 aromatic heterocycles. The fraction of sp³-hybridized carbons (Fsp3) is 0.417. The van der Waals surface area contributed by atoms with Gasteiger partial charge in [0, 0.05) is 6.61 Å². The molecule has 0 spiro atoms. The van der Waals surface area contributed by atoms with Gasteiger partial charge in [0.25, 0.3) is 5.91 Å². The number of carbonyl (C=O) groups is 1. The second-order valence-electron chi connectivity index (χ2n) is 4.63. The molecular weight excluding hydrogens is 287 g/mol. The highest BCUT2D eigenvalue weighted by Gasteiger charge is 2.27. The van der Waals surface area contributed by atoms with Crippen LogP contribution in [0.1, 0.15) is 23.7 Å². The average Bonchev–Trinajstić information content (AvgIpc) is 2.74. The Morgan fingerprint density at radius 2 is 2.20 bits per heavy atom. The number of nitrogens with one attached hydrogen (secondary N) is 1. The molecule has 110 valence electrons. The van der Waals surface area contributed by atoms with E-state index in [4.69, 9.17) is 9.88 Å². The highest BCUT2D eigenvalue weighted by atomic mass is 32.2. The Morgan fingerprint density at radius 1 is 1.50 bits per heavy atom. The molecule has 1 aromatic rings. The van der Waals surface area contributed by atoms with Crippen LogP contribution < -0.4 is 10.5 Å². The van der Waals surface area contributed by atoms with Gasteiger partial charge in [-0.15, -0.1) is 0 Å². The summed E-state index contributed by atoms with van der Waals surface area (Å²) in [4.78, 5) is 11.7. The van der Waals surface area contributed by atoms with E-state index in [-0.39, 0.29) is 22.6 Å². The Morgan fingerprint density at radius 3 is 2.75 bits per heavy atom. The van der Waals surface area contributed by atoms with Crippen molar-refractivity contribution in [3.05, 3.63) is 29.6 Å². The van der Waals surface area contributed by atoms with Crippen molar-refractivity contribution in [3.8, 4) is 0 Å². The molecule has 0 bridgehead atoms. The summed E-state index contributed by atoms with van der Waals surface area (Å²) in [5.41, 5.74) is -0.351. The van der Waals surface area contributed by atoms with E-state index in [9.17, 15) is 17.6 Å². The molecule has 1 aliphatic heterocycles. The van der Waals surface area contributed by atoms with E-state index in [0.717, 1.165) is 18.2 Å². The van der Waals surface area contributed by atoms with E-state index >= 15 is 0 Å². The zero-order valence-electron chi connectivity index (χ0n) is 10.8. The van der Waals surface area contributed by atoms with Crippen molar-refractivity contribution in [2.75, 3.05) is 6.61 Å². The maximum absolute atomic E-state index is 13.7. The summed E-state index contributed by atoms with van der Waals surface area (Å²) in [7, 11) is -3.98. The third-order valence-corrected chi connectivity index (χ3v) is 4.11. The minimum atomic E-state index is -3.98. The zero-order chi connectivity index (χ0) is 14.9. The number of primary sulfonamides is 1. The van der Waals surface area contributed by atoms with Crippen LogP contribution in [0.2, 0.25) is 0 Å². The van der Waals surface area contributed by atoms with E-state index in [2.05, 4.69) is 5.32 Å². The van der Waals surface area contributed by atoms with Gasteiger partial charge in [-0.3, -0.25) is 4.79 Å². The van der Waals surface area contributed by atoms with Crippen LogP contribution in [0.4, 0.5) is 4.39 Å². The summed E-state index contributed by atoms with van der Waals surface area (Å²) in [6, 6.07) is 2.63. The lowest BCUT2D eigenvalue weighted by atomic mass is 10.1. The van der Waals surface area contributed by atoms with Crippen molar-refractivity contribution in [3.63, 3.8) is 0 Å². The molecule has 1 aliphatic rings. The molecule has 8 heteroatoms. The SMILES string of the molecule is CC1OCCC1NC(=O)c1cc(S(N)(=O)=O)ccc1F. The number of carbonyl (C=O) groups excluding carboxylic acids is 1. The molecule has 0 saturated carbocycles. The number of rotatable bonds is 3. The lowest BCUT2D eigenvalue weighted by molar-refractivity contribution is 0.0862. The molecule has 2 atom stereocenters. The average molecular weight is 302 g/mol. The van der Waals surface area contributed by atoms with Crippen LogP contribution in [0.25, 0.3) is 0 Å². The monoisotopic (exact) mass is 302 g/mol. The van der Waals surface area contributed by atoms with E-state index in [1.54, 1.807) is 6.92 Å². The Labute approximate surface area is 116 Å². The maximum atomic E-state index is 13.7. The zero-order valence-corrected chi connectivity index (χ0v) is 11.6. The van der Waals surface area contributed by atoms with Gasteiger partial charge in [-0.05, 0) is 31.5 Å². The van der Waals surface area contributed by atoms with Crippen molar-refractivity contribution < 1.29 is 22.3 Å². The van der Waals surface area contributed by atoms with Crippen molar-refractivity contribution in [1.82, 2.24) is 5.32 Å². The van der Waals surface area contributed by atoms with Crippen LogP contribution in [-0.4, -0.2) is 33.1 Å². The summed E-state index contributed by atoms with van der Waals surface area (Å²) in [5, 5.41) is 7.58. The summed E-state index contributed by atoms with van der Waals surface area (Å²) >= 11 is 0. The largest absolute Gasteiger partial charge is 0.376 e. The van der Waals surface area contributed by atoms with E-state index in [1.165, 1.54) is 0 Å². The minimum absolute atomic E-state index is 0.163. The number of nitrogens with two attached hydrogens (primary N) is 1. The molecule has 1 fully saturated rings. The molecule has 2 unspecified atom stereocenters. The van der Waals surface area contributed by atoms with Crippen molar-refractivity contribution >= 4 is 15.9 Å². The summed E-state index contributed by atoms with van der Waals surface area (Å²) < 4.78 is 41.4. The molecule has 1 saturated heterocycles. The van der Waals surface area contributed by atoms with Crippen molar-refractivity contribution in [2.45, 2.75) is 30.4 Å². The smallest absolute Gasteiger partial charge is 0.254 e. The first-order chi connectivity index (χ1) is 9.29. The van der Waals surface area contributed by atoms with E-state index in [1.807, 2.05) is 0 Å². The Kier molecular flexibility index (Phi) is 4.07. The lowest BCUT2D eigenvalue weighted by Crippen LogP contribution is -2.39. The first-order valence-electron chi connectivity index (χ1n) is 6.04. The predicted octanol–water partition coefficient (Wildman–Crippen LogP) is 0.380. The second kappa shape index (κ2) is 5.47. The molecule has 6 nitrogen and oxygen atoms in total. The number of ether oxygens (including phenoxy) is 1. The molecule has 2 rings (SSSR count). The van der Waals surface area contributed by atoms with E-state index < -0.39 is 21.7 Å². The Hall–Kier alpha value is -1.51. The third kappa shape index (κ3) is 3.14. The molecule has 20 heavy (non-hydrogen) atoms. The predicted molar refractivity (Wildman–Crippen MR) is 69.1 cm³/mol. The van der Waals surface area contributed by atoms with Gasteiger partial charge in [-0.2, -0.15) is 0 Å². The molecule has 3 N–H and O–H groups in total. The van der Waals surface area contributed by atoms with Gasteiger partial charge in [0.2, 0.25) is 10.0 Å². The lowest BCUT2D eigenvalue weighted by Gasteiger charge is -2.16. The standard InChI is InChI=1S/C12H15FN2O4S/c1-7-11(4-5-19-7)15-12(16)9-6-8(20(14,17)18)2-3-10(9)13/h2-3,6-7,11H,4-5H2,1H3,(H,15,16)(H2,14,17,18). The van der Waals surface area contributed by atoms with Gasteiger partial charge in [-0.25, -0.2) is 17.9 Å². The number of hydrogen-bond acceptors (Lipinski definition) is 4. The topological polar surface area (TPSA) is 98.5 Å². The van der Waals surface area contributed by atoms with Crippen LogP contribution >= 0.6 is 0 Å². The van der Waals surface area contributed by atoms with Crippen LogP contribution in [0.3, 0.4) is 0 Å². The highest BCUT2D eigenvalue weighted by Crippen LogP contribution is 2.17. The molecule has 1 heterocycles. The van der Waals surface area contributed by atoms with Gasteiger partial charge >= 0.3 is 0 Å². The molecule has 0 radical (unpaired) electrons. The fourth-order valence-electron chi connectivity index (χ4n) is 2.02. The number of sulfonamides is 1. The number of halogens is 1. The summed E-state index contributed by atoms with van der Waals surface area (Å²) in [6.45, 7) is 2.32. The first kappa shape index (κ1) is 14.9. The minimum Gasteiger partial charge on any atom is -0.376 e. The normalized spacial score (nSPS) is 22.8. The van der Waals surface area contributed by atoms with E-state index in [0.29, 0.717) is 13.0 Å². The van der Waals surface area contributed by atoms with Gasteiger partial charge in [0.05, 0.1) is 22.6 Å². The van der Waals surface area contributed by atoms with Gasteiger partial charge < -0.3 is 10.1 Å². The highest BCUT2D eigenvalue weighted by molar-refractivity contribution is 7.89. The molecule has 1 aromatic carbocycles. The van der Waals surface area contributed by atoms with Gasteiger partial charge in [0.1, 0.15) is 5.82 Å². The number of hydrogen-bond donors (Lipinski definition) is 2.